The van der Waals surface area contributed by atoms with Gasteiger partial charge in [-0.1, -0.05) is 12.5 Å². The standard InChI is InChI=1S/C18H27N3/c1-14(2)21-13-16(12-20-8-4-3-5-9-20)17-10-15(11-19)6-7-18(17)21/h6-7,10,13-14H,3-5,8-9,11-12,19H2,1-2H3. The summed E-state index contributed by atoms with van der Waals surface area (Å²) in [7, 11) is 0. The van der Waals surface area contributed by atoms with Gasteiger partial charge in [0, 0.05) is 36.2 Å². The third-order valence-corrected chi connectivity index (χ3v) is 4.61. The molecule has 2 N–H and O–H groups in total. The van der Waals surface area contributed by atoms with E-state index in [1.54, 1.807) is 0 Å². The number of nitrogens with two attached hydrogens (primary N) is 1. The third kappa shape index (κ3) is 2.99. The minimum atomic E-state index is 0.492. The second kappa shape index (κ2) is 6.20. The quantitative estimate of drug-likeness (QED) is 0.930. The number of likely N-dealkylation sites (tertiary alicyclic amines) is 1. The van der Waals surface area contributed by atoms with Gasteiger partial charge in [0.1, 0.15) is 0 Å². The highest BCUT2D eigenvalue weighted by Crippen LogP contribution is 2.27. The lowest BCUT2D eigenvalue weighted by atomic mass is 10.1. The number of nitrogens with zero attached hydrogens (tertiary/aromatic N) is 2. The maximum atomic E-state index is 5.82. The monoisotopic (exact) mass is 285 g/mol. The van der Waals surface area contributed by atoms with E-state index in [9.17, 15) is 0 Å². The Bertz CT molecular complexity index is 606. The summed E-state index contributed by atoms with van der Waals surface area (Å²) in [5.74, 6) is 0. The van der Waals surface area contributed by atoms with Crippen LogP contribution in [-0.2, 0) is 13.1 Å². The fourth-order valence-corrected chi connectivity index (χ4v) is 3.41. The Morgan fingerprint density at radius 1 is 1.14 bits per heavy atom. The predicted molar refractivity (Wildman–Crippen MR) is 89.3 cm³/mol. The van der Waals surface area contributed by atoms with Gasteiger partial charge in [-0.05, 0) is 63.0 Å². The van der Waals surface area contributed by atoms with Gasteiger partial charge in [0.2, 0.25) is 0 Å². The van der Waals surface area contributed by atoms with Gasteiger partial charge in [0.25, 0.3) is 0 Å². The molecule has 21 heavy (non-hydrogen) atoms. The van der Waals surface area contributed by atoms with Crippen LogP contribution in [0.25, 0.3) is 10.9 Å². The van der Waals surface area contributed by atoms with Gasteiger partial charge < -0.3 is 10.3 Å². The summed E-state index contributed by atoms with van der Waals surface area (Å²) in [5, 5.41) is 1.39. The van der Waals surface area contributed by atoms with E-state index in [2.05, 4.69) is 47.7 Å². The van der Waals surface area contributed by atoms with E-state index in [0.717, 1.165) is 6.54 Å². The summed E-state index contributed by atoms with van der Waals surface area (Å²) in [6, 6.07) is 7.17. The highest BCUT2D eigenvalue weighted by atomic mass is 15.1. The Morgan fingerprint density at radius 3 is 2.57 bits per heavy atom. The molecule has 0 aliphatic carbocycles. The second-order valence-corrected chi connectivity index (χ2v) is 6.55. The van der Waals surface area contributed by atoms with Crippen LogP contribution in [-0.4, -0.2) is 22.6 Å². The molecule has 1 aliphatic rings. The molecule has 0 amide bonds. The Morgan fingerprint density at radius 2 is 1.90 bits per heavy atom. The smallest absolute Gasteiger partial charge is 0.0486 e. The molecular formula is C18H27N3. The molecule has 2 heterocycles. The van der Waals surface area contributed by atoms with Gasteiger partial charge in [-0.25, -0.2) is 0 Å². The van der Waals surface area contributed by atoms with Crippen molar-refractivity contribution in [2.45, 2.75) is 52.2 Å². The van der Waals surface area contributed by atoms with E-state index >= 15 is 0 Å². The number of benzene rings is 1. The average Bonchev–Trinajstić information content (AvgIpc) is 2.86. The van der Waals surface area contributed by atoms with Crippen LogP contribution in [0.1, 0.15) is 50.3 Å². The molecule has 1 saturated heterocycles. The van der Waals surface area contributed by atoms with Crippen LogP contribution in [0, 0.1) is 0 Å². The number of rotatable bonds is 4. The maximum absolute atomic E-state index is 5.82. The van der Waals surface area contributed by atoms with Crippen molar-refractivity contribution >= 4 is 10.9 Å². The summed E-state index contributed by atoms with van der Waals surface area (Å²) < 4.78 is 2.40. The summed E-state index contributed by atoms with van der Waals surface area (Å²) in [6.45, 7) is 8.67. The average molecular weight is 285 g/mol. The van der Waals surface area contributed by atoms with Gasteiger partial charge in [-0.2, -0.15) is 0 Å². The molecule has 3 nitrogen and oxygen atoms in total. The van der Waals surface area contributed by atoms with Gasteiger partial charge in [-0.15, -0.1) is 0 Å². The first-order chi connectivity index (χ1) is 10.2. The summed E-state index contributed by atoms with van der Waals surface area (Å²) in [5.41, 5.74) is 9.85. The number of aromatic nitrogens is 1. The van der Waals surface area contributed by atoms with Crippen LogP contribution >= 0.6 is 0 Å². The first-order valence-electron chi connectivity index (χ1n) is 8.24. The van der Waals surface area contributed by atoms with Crippen LogP contribution in [0.3, 0.4) is 0 Å². The van der Waals surface area contributed by atoms with Crippen molar-refractivity contribution in [3.63, 3.8) is 0 Å². The van der Waals surface area contributed by atoms with Crippen LogP contribution in [0.2, 0.25) is 0 Å². The van der Waals surface area contributed by atoms with E-state index in [0.29, 0.717) is 12.6 Å². The van der Waals surface area contributed by atoms with E-state index in [-0.39, 0.29) is 0 Å². The number of hydrogen-bond donors (Lipinski definition) is 1. The first-order valence-corrected chi connectivity index (χ1v) is 8.24. The van der Waals surface area contributed by atoms with E-state index in [1.807, 2.05) is 0 Å². The van der Waals surface area contributed by atoms with Gasteiger partial charge in [0.15, 0.2) is 0 Å². The van der Waals surface area contributed by atoms with Gasteiger partial charge in [-0.3, -0.25) is 4.90 Å². The van der Waals surface area contributed by atoms with Crippen LogP contribution in [0.4, 0.5) is 0 Å². The van der Waals surface area contributed by atoms with Crippen LogP contribution < -0.4 is 5.73 Å². The molecule has 0 bridgehead atoms. The van der Waals surface area contributed by atoms with Crippen molar-refractivity contribution in [1.82, 2.24) is 9.47 Å². The Hall–Kier alpha value is -1.32. The lowest BCUT2D eigenvalue weighted by Gasteiger charge is -2.26. The molecule has 0 saturated carbocycles. The molecule has 1 fully saturated rings. The molecule has 3 rings (SSSR count). The summed E-state index contributed by atoms with van der Waals surface area (Å²) in [6.07, 6.45) is 6.43. The van der Waals surface area contributed by atoms with Gasteiger partial charge in [0.05, 0.1) is 0 Å². The SMILES string of the molecule is CC(C)n1cc(CN2CCCCC2)c2cc(CN)ccc21. The largest absolute Gasteiger partial charge is 0.345 e. The molecule has 0 atom stereocenters. The lowest BCUT2D eigenvalue weighted by molar-refractivity contribution is 0.221. The number of fused-ring (bicyclic) bond motifs is 1. The van der Waals surface area contributed by atoms with Crippen LogP contribution in [0.15, 0.2) is 24.4 Å². The molecule has 0 radical (unpaired) electrons. The highest BCUT2D eigenvalue weighted by molar-refractivity contribution is 5.85. The summed E-state index contributed by atoms with van der Waals surface area (Å²) >= 11 is 0. The highest BCUT2D eigenvalue weighted by Gasteiger charge is 2.15. The van der Waals surface area contributed by atoms with E-state index in [1.165, 1.54) is 54.4 Å². The zero-order chi connectivity index (χ0) is 14.8. The molecule has 114 valence electrons. The van der Waals surface area contributed by atoms with Crippen LogP contribution in [0.5, 0.6) is 0 Å². The normalized spacial score (nSPS) is 17.0. The van der Waals surface area contributed by atoms with Crippen molar-refractivity contribution in [3.8, 4) is 0 Å². The Balaban J connectivity index is 1.98. The van der Waals surface area contributed by atoms with Crippen molar-refractivity contribution in [2.24, 2.45) is 5.73 Å². The zero-order valence-corrected chi connectivity index (χ0v) is 13.3. The molecule has 0 spiro atoms. The Kier molecular flexibility index (Phi) is 4.32. The molecule has 1 aromatic heterocycles. The van der Waals surface area contributed by atoms with Crippen molar-refractivity contribution < 1.29 is 0 Å². The number of piperidine rings is 1. The molecule has 2 aromatic rings. The van der Waals surface area contributed by atoms with E-state index < -0.39 is 0 Å². The third-order valence-electron chi connectivity index (χ3n) is 4.61. The second-order valence-electron chi connectivity index (χ2n) is 6.55. The van der Waals surface area contributed by atoms with Crippen molar-refractivity contribution in [2.75, 3.05) is 13.1 Å². The summed E-state index contributed by atoms with van der Waals surface area (Å²) in [4.78, 5) is 2.60. The van der Waals surface area contributed by atoms with Crippen molar-refractivity contribution in [1.29, 1.82) is 0 Å². The molecular weight excluding hydrogens is 258 g/mol. The minimum Gasteiger partial charge on any atom is -0.345 e. The Labute approximate surface area is 127 Å². The van der Waals surface area contributed by atoms with E-state index in [4.69, 9.17) is 5.73 Å². The predicted octanol–water partition coefficient (Wildman–Crippen LogP) is 3.67. The first kappa shape index (κ1) is 14.6. The minimum absolute atomic E-state index is 0.492. The van der Waals surface area contributed by atoms with Crippen molar-refractivity contribution in [3.05, 3.63) is 35.5 Å². The molecule has 0 unspecified atom stereocenters. The molecule has 1 aromatic carbocycles. The van der Waals surface area contributed by atoms with Gasteiger partial charge >= 0.3 is 0 Å². The fourth-order valence-electron chi connectivity index (χ4n) is 3.41. The topological polar surface area (TPSA) is 34.2 Å². The lowest BCUT2D eigenvalue weighted by Crippen LogP contribution is -2.29. The zero-order valence-electron chi connectivity index (χ0n) is 13.3. The molecule has 3 heteroatoms. The molecule has 1 aliphatic heterocycles. The maximum Gasteiger partial charge on any atom is 0.0486 e. The fraction of sp³-hybridized carbons (Fsp3) is 0.556. The number of hydrogen-bond acceptors (Lipinski definition) is 2.